The summed E-state index contributed by atoms with van der Waals surface area (Å²) >= 11 is 0. The summed E-state index contributed by atoms with van der Waals surface area (Å²) in [5.41, 5.74) is 4.63. The van der Waals surface area contributed by atoms with Gasteiger partial charge in [0, 0.05) is 32.1 Å². The van der Waals surface area contributed by atoms with E-state index < -0.39 is 0 Å². The molecule has 0 amide bonds. The molecule has 0 bridgehead atoms. The number of pyridine rings is 1. The Balaban J connectivity index is 0.000000487. The molecule has 0 unspecified atom stereocenters. The molecule has 24 heavy (non-hydrogen) atoms. The van der Waals surface area contributed by atoms with Crippen LogP contribution in [0.15, 0.2) is 30.7 Å². The Morgan fingerprint density at radius 1 is 1.17 bits per heavy atom. The fraction of sp³-hybridized carbons (Fsp3) is 0.444. The largest absolute Gasteiger partial charge is 0.400 e. The Morgan fingerprint density at radius 2 is 1.92 bits per heavy atom. The van der Waals surface area contributed by atoms with Crippen LogP contribution in [0.1, 0.15) is 32.0 Å². The van der Waals surface area contributed by atoms with Crippen molar-refractivity contribution < 1.29 is 5.11 Å². The minimum Gasteiger partial charge on any atom is -0.400 e. The van der Waals surface area contributed by atoms with Gasteiger partial charge in [-0.2, -0.15) is 5.10 Å². The van der Waals surface area contributed by atoms with Gasteiger partial charge >= 0.3 is 0 Å². The lowest BCUT2D eigenvalue weighted by molar-refractivity contribution is 0.399. The second-order valence-corrected chi connectivity index (χ2v) is 5.25. The van der Waals surface area contributed by atoms with E-state index in [0.29, 0.717) is 0 Å². The predicted molar refractivity (Wildman–Crippen MR) is 98.0 cm³/mol. The van der Waals surface area contributed by atoms with Crippen molar-refractivity contribution in [2.45, 2.75) is 40.7 Å². The molecule has 3 aromatic heterocycles. The minimum absolute atomic E-state index is 0.949. The smallest absolute Gasteiger partial charge is 0.140 e. The summed E-state index contributed by atoms with van der Waals surface area (Å²) in [5, 5.41) is 11.3. The van der Waals surface area contributed by atoms with Crippen LogP contribution >= 0.6 is 0 Å². The maximum atomic E-state index is 7.00. The highest BCUT2D eigenvalue weighted by molar-refractivity contribution is 5.65. The third-order valence-corrected chi connectivity index (χ3v) is 3.93. The Morgan fingerprint density at radius 3 is 2.62 bits per heavy atom. The van der Waals surface area contributed by atoms with E-state index >= 15 is 0 Å². The molecule has 1 aliphatic heterocycles. The zero-order valence-electron chi connectivity index (χ0n) is 15.2. The van der Waals surface area contributed by atoms with Gasteiger partial charge in [-0.3, -0.25) is 0 Å². The van der Waals surface area contributed by atoms with Gasteiger partial charge in [0.2, 0.25) is 0 Å². The van der Waals surface area contributed by atoms with Crippen molar-refractivity contribution in [2.24, 2.45) is 0 Å². The molecule has 0 aliphatic carbocycles. The molecule has 130 valence electrons. The standard InChI is InChI=1S/C15H17N5.C2H6.CH4O/c1-3-12-8-13(10-18-9-11(2)17-15(12)18)19-6-7-20-14(19)4-5-16-20;2*1-2/h4-5,8-10H,3,6-7H2,1-2H3;1-2H3;2H,1H3. The SMILES string of the molecule is CC.CCc1cc(N2CCn3nccc32)cn2cc(C)nc12.CO. The predicted octanol–water partition coefficient (Wildman–Crippen LogP) is 3.19. The van der Waals surface area contributed by atoms with Crippen LogP contribution in [-0.4, -0.2) is 37.9 Å². The number of fused-ring (bicyclic) bond motifs is 2. The van der Waals surface area contributed by atoms with Gasteiger partial charge in [0.05, 0.1) is 24.1 Å². The molecule has 3 aromatic rings. The molecular weight excluding hydrogens is 302 g/mol. The van der Waals surface area contributed by atoms with E-state index in [1.165, 1.54) is 17.1 Å². The summed E-state index contributed by atoms with van der Waals surface area (Å²) in [4.78, 5) is 6.93. The highest BCUT2D eigenvalue weighted by atomic mass is 16.2. The topological polar surface area (TPSA) is 58.6 Å². The summed E-state index contributed by atoms with van der Waals surface area (Å²) in [7, 11) is 1.00. The van der Waals surface area contributed by atoms with Gasteiger partial charge in [-0.1, -0.05) is 20.8 Å². The Bertz CT molecular complexity index is 790. The minimum atomic E-state index is 0.949. The number of anilines is 2. The second kappa shape index (κ2) is 7.97. The molecule has 0 fully saturated rings. The Labute approximate surface area is 143 Å². The van der Waals surface area contributed by atoms with E-state index in [1.54, 1.807) is 0 Å². The first-order chi connectivity index (χ1) is 11.8. The molecular formula is C18H27N5O. The van der Waals surface area contributed by atoms with Gasteiger partial charge in [-0.05, 0) is 25.0 Å². The Kier molecular flexibility index (Phi) is 5.98. The van der Waals surface area contributed by atoms with Gasteiger partial charge in [0.1, 0.15) is 11.5 Å². The number of aliphatic hydroxyl groups is 1. The third-order valence-electron chi connectivity index (χ3n) is 3.93. The number of aliphatic hydroxyl groups excluding tert-OH is 1. The highest BCUT2D eigenvalue weighted by Gasteiger charge is 2.21. The third kappa shape index (κ3) is 3.14. The molecule has 4 heterocycles. The van der Waals surface area contributed by atoms with Gasteiger partial charge in [0.25, 0.3) is 0 Å². The fourth-order valence-electron chi connectivity index (χ4n) is 2.98. The zero-order chi connectivity index (χ0) is 17.7. The molecule has 0 saturated heterocycles. The molecule has 1 aliphatic rings. The van der Waals surface area contributed by atoms with Crippen molar-refractivity contribution in [3.8, 4) is 0 Å². The molecule has 6 nitrogen and oxygen atoms in total. The summed E-state index contributed by atoms with van der Waals surface area (Å²) in [6.07, 6.45) is 7.10. The van der Waals surface area contributed by atoms with Crippen LogP contribution < -0.4 is 4.90 Å². The van der Waals surface area contributed by atoms with Crippen molar-refractivity contribution >= 4 is 17.2 Å². The molecule has 0 atom stereocenters. The van der Waals surface area contributed by atoms with E-state index in [1.807, 2.05) is 27.0 Å². The van der Waals surface area contributed by atoms with Gasteiger partial charge in [-0.15, -0.1) is 0 Å². The first-order valence-corrected chi connectivity index (χ1v) is 8.48. The summed E-state index contributed by atoms with van der Waals surface area (Å²) in [6, 6.07) is 4.33. The van der Waals surface area contributed by atoms with E-state index in [-0.39, 0.29) is 0 Å². The summed E-state index contributed by atoms with van der Waals surface area (Å²) in [5.74, 6) is 1.17. The first-order valence-electron chi connectivity index (χ1n) is 8.48. The van der Waals surface area contributed by atoms with Gasteiger partial charge in [-0.25, -0.2) is 9.67 Å². The van der Waals surface area contributed by atoms with E-state index in [9.17, 15) is 0 Å². The van der Waals surface area contributed by atoms with Crippen LogP contribution in [-0.2, 0) is 13.0 Å². The quantitative estimate of drug-likeness (QED) is 0.784. The van der Waals surface area contributed by atoms with Crippen LogP contribution in [0, 0.1) is 6.92 Å². The van der Waals surface area contributed by atoms with Crippen LogP contribution in [0.5, 0.6) is 0 Å². The van der Waals surface area contributed by atoms with Crippen molar-refractivity contribution in [1.82, 2.24) is 19.2 Å². The highest BCUT2D eigenvalue weighted by Crippen LogP contribution is 2.31. The zero-order valence-corrected chi connectivity index (χ0v) is 15.2. The molecule has 0 aromatic carbocycles. The molecule has 1 N–H and O–H groups in total. The van der Waals surface area contributed by atoms with Crippen LogP contribution in [0.3, 0.4) is 0 Å². The number of nitrogens with zero attached hydrogens (tertiary/aromatic N) is 5. The fourth-order valence-corrected chi connectivity index (χ4v) is 2.98. The van der Waals surface area contributed by atoms with Gasteiger partial charge in [0.15, 0.2) is 0 Å². The average molecular weight is 329 g/mol. The lowest BCUT2D eigenvalue weighted by Crippen LogP contribution is -2.14. The van der Waals surface area contributed by atoms with Crippen molar-refractivity contribution in [2.75, 3.05) is 18.6 Å². The van der Waals surface area contributed by atoms with Crippen LogP contribution in [0.25, 0.3) is 5.65 Å². The summed E-state index contributed by atoms with van der Waals surface area (Å²) < 4.78 is 4.19. The van der Waals surface area contributed by atoms with Crippen LogP contribution in [0.2, 0.25) is 0 Å². The number of rotatable bonds is 2. The average Bonchev–Trinajstić information content (AvgIpc) is 3.31. The van der Waals surface area contributed by atoms with Crippen LogP contribution in [0.4, 0.5) is 11.5 Å². The molecule has 6 heteroatoms. The maximum absolute atomic E-state index is 7.00. The number of aryl methyl sites for hydroxylation is 2. The van der Waals surface area contributed by atoms with E-state index in [4.69, 9.17) is 5.11 Å². The van der Waals surface area contributed by atoms with Crippen molar-refractivity contribution in [3.63, 3.8) is 0 Å². The summed E-state index contributed by atoms with van der Waals surface area (Å²) in [6.45, 7) is 10.1. The lowest BCUT2D eigenvalue weighted by atomic mass is 10.2. The number of imidazole rings is 1. The van der Waals surface area contributed by atoms with Crippen molar-refractivity contribution in [1.29, 1.82) is 0 Å². The lowest BCUT2D eigenvalue weighted by Gasteiger charge is -2.18. The maximum Gasteiger partial charge on any atom is 0.140 e. The first kappa shape index (κ1) is 18.0. The monoisotopic (exact) mass is 329 g/mol. The molecule has 4 rings (SSSR count). The van der Waals surface area contributed by atoms with Gasteiger partial charge < -0.3 is 14.4 Å². The second-order valence-electron chi connectivity index (χ2n) is 5.25. The Hall–Kier alpha value is -2.34. The number of hydrogen-bond donors (Lipinski definition) is 1. The number of aromatic nitrogens is 4. The molecule has 0 radical (unpaired) electrons. The van der Waals surface area contributed by atoms with Crippen molar-refractivity contribution in [3.05, 3.63) is 42.0 Å². The normalized spacial score (nSPS) is 12.3. The molecule has 0 spiro atoms. The van der Waals surface area contributed by atoms with E-state index in [0.717, 1.165) is 38.0 Å². The number of hydrogen-bond acceptors (Lipinski definition) is 4. The van der Waals surface area contributed by atoms with E-state index in [2.05, 4.69) is 55.5 Å². The molecule has 0 saturated carbocycles.